The van der Waals surface area contributed by atoms with E-state index in [1.54, 1.807) is 0 Å². The Hall–Kier alpha value is -2.48. The van der Waals surface area contributed by atoms with E-state index >= 15 is 0 Å². The van der Waals surface area contributed by atoms with Crippen LogP contribution in [0.25, 0.3) is 0 Å². The summed E-state index contributed by atoms with van der Waals surface area (Å²) in [5.74, 6) is -1.77. The van der Waals surface area contributed by atoms with Crippen LogP contribution in [0, 0.1) is 0 Å². The topological polar surface area (TPSA) is 121 Å². The summed E-state index contributed by atoms with van der Waals surface area (Å²) in [5.41, 5.74) is 5.30. The lowest BCUT2D eigenvalue weighted by Gasteiger charge is -2.15. The maximum Gasteiger partial charge on any atom is 0.340 e. The maximum atomic E-state index is 12.3. The first-order valence-corrected chi connectivity index (χ1v) is 8.84. The maximum absolute atomic E-state index is 12.3. The number of aromatic nitrogens is 1. The van der Waals surface area contributed by atoms with Crippen LogP contribution in [0.5, 0.6) is 5.75 Å². The van der Waals surface area contributed by atoms with Crippen LogP contribution in [-0.4, -0.2) is 42.0 Å². The number of ether oxygens (including phenoxy) is 2. The van der Waals surface area contributed by atoms with Gasteiger partial charge in [-0.25, -0.2) is 9.78 Å². The van der Waals surface area contributed by atoms with E-state index in [4.69, 9.17) is 15.2 Å². The highest BCUT2D eigenvalue weighted by molar-refractivity contribution is 6.06. The average Bonchev–Trinajstić information content (AvgIpc) is 2.65. The molecule has 26 heavy (non-hydrogen) atoms. The lowest BCUT2D eigenvalue weighted by molar-refractivity contribution is -0.118. The van der Waals surface area contributed by atoms with Gasteiger partial charge in [-0.2, -0.15) is 0 Å². The number of hydrogen-bond acceptors (Lipinski definition) is 7. The van der Waals surface area contributed by atoms with Crippen molar-refractivity contribution in [3.05, 3.63) is 23.5 Å². The number of nitrogens with two attached hydrogens (primary N) is 1. The summed E-state index contributed by atoms with van der Waals surface area (Å²) in [5, 5.41) is 2.11. The summed E-state index contributed by atoms with van der Waals surface area (Å²) in [4.78, 5) is 39.8. The van der Waals surface area contributed by atoms with E-state index in [2.05, 4.69) is 10.3 Å². The minimum Gasteiger partial charge on any atom is -0.491 e. The van der Waals surface area contributed by atoms with Crippen LogP contribution in [0.2, 0.25) is 0 Å². The minimum absolute atomic E-state index is 0.0815. The van der Waals surface area contributed by atoms with Crippen molar-refractivity contribution in [1.29, 1.82) is 0 Å². The van der Waals surface area contributed by atoms with Gasteiger partial charge in [0.15, 0.2) is 11.4 Å². The SMILES string of the molecule is CCCCOc1cc(C(=O)OC(CC)CC)cnc1C(=O)NC(=O)CN. The van der Waals surface area contributed by atoms with Crippen molar-refractivity contribution in [3.63, 3.8) is 0 Å². The summed E-state index contributed by atoms with van der Waals surface area (Å²) >= 11 is 0. The van der Waals surface area contributed by atoms with Crippen molar-refractivity contribution in [1.82, 2.24) is 10.3 Å². The molecule has 1 aromatic rings. The lowest BCUT2D eigenvalue weighted by Crippen LogP contribution is -2.36. The van der Waals surface area contributed by atoms with E-state index in [0.717, 1.165) is 12.8 Å². The number of amides is 2. The van der Waals surface area contributed by atoms with Crippen LogP contribution in [0.3, 0.4) is 0 Å². The Kier molecular flexibility index (Phi) is 9.29. The molecule has 0 radical (unpaired) electrons. The van der Waals surface area contributed by atoms with Gasteiger partial charge in [-0.15, -0.1) is 0 Å². The molecule has 1 aromatic heterocycles. The molecule has 8 nitrogen and oxygen atoms in total. The zero-order chi connectivity index (χ0) is 19.5. The van der Waals surface area contributed by atoms with E-state index in [0.29, 0.717) is 19.4 Å². The first-order chi connectivity index (χ1) is 12.5. The Morgan fingerprint density at radius 1 is 1.23 bits per heavy atom. The molecule has 8 heteroatoms. The van der Waals surface area contributed by atoms with E-state index < -0.39 is 17.8 Å². The molecule has 0 saturated heterocycles. The Balaban J connectivity index is 3.05. The highest BCUT2D eigenvalue weighted by Gasteiger charge is 2.21. The van der Waals surface area contributed by atoms with E-state index in [1.165, 1.54) is 12.3 Å². The Morgan fingerprint density at radius 3 is 2.50 bits per heavy atom. The van der Waals surface area contributed by atoms with Gasteiger partial charge in [-0.3, -0.25) is 14.9 Å². The summed E-state index contributed by atoms with van der Waals surface area (Å²) < 4.78 is 11.0. The molecule has 1 rings (SSSR count). The third-order valence-corrected chi connectivity index (χ3v) is 3.68. The third kappa shape index (κ3) is 6.44. The first kappa shape index (κ1) is 21.6. The Labute approximate surface area is 153 Å². The number of carbonyl (C=O) groups is 3. The molecule has 0 bridgehead atoms. The fourth-order valence-corrected chi connectivity index (χ4v) is 2.07. The first-order valence-electron chi connectivity index (χ1n) is 8.84. The highest BCUT2D eigenvalue weighted by atomic mass is 16.5. The van der Waals surface area contributed by atoms with Crippen molar-refractivity contribution < 1.29 is 23.9 Å². The number of imide groups is 1. The largest absolute Gasteiger partial charge is 0.491 e. The van der Waals surface area contributed by atoms with Crippen molar-refractivity contribution in [2.45, 2.75) is 52.6 Å². The molecule has 0 aliphatic carbocycles. The van der Waals surface area contributed by atoms with Crippen molar-refractivity contribution in [3.8, 4) is 5.75 Å². The van der Waals surface area contributed by atoms with Gasteiger partial charge in [0.2, 0.25) is 5.91 Å². The number of hydrogen-bond donors (Lipinski definition) is 2. The molecular formula is C18H27N3O5. The zero-order valence-electron chi connectivity index (χ0n) is 15.5. The molecule has 0 spiro atoms. The van der Waals surface area contributed by atoms with E-state index in [9.17, 15) is 14.4 Å². The predicted molar refractivity (Wildman–Crippen MR) is 96.0 cm³/mol. The van der Waals surface area contributed by atoms with Gasteiger partial charge >= 0.3 is 5.97 Å². The number of nitrogens with one attached hydrogen (secondary N) is 1. The number of pyridine rings is 1. The summed E-state index contributed by atoms with van der Waals surface area (Å²) in [6.45, 7) is 5.90. The molecule has 3 N–H and O–H groups in total. The molecule has 0 unspecified atom stereocenters. The van der Waals surface area contributed by atoms with E-state index in [1.807, 2.05) is 20.8 Å². The molecule has 0 saturated carbocycles. The van der Waals surface area contributed by atoms with Crippen molar-refractivity contribution >= 4 is 17.8 Å². The Morgan fingerprint density at radius 2 is 1.92 bits per heavy atom. The summed E-state index contributed by atoms with van der Waals surface area (Å²) in [6, 6.07) is 1.41. The van der Waals surface area contributed by atoms with Crippen LogP contribution in [0.15, 0.2) is 12.3 Å². The molecule has 0 aromatic carbocycles. The highest BCUT2D eigenvalue weighted by Crippen LogP contribution is 2.20. The van der Waals surface area contributed by atoms with Crippen molar-refractivity contribution in [2.75, 3.05) is 13.2 Å². The smallest absolute Gasteiger partial charge is 0.340 e. The molecule has 0 fully saturated rings. The van der Waals surface area contributed by atoms with Gasteiger partial charge in [-0.05, 0) is 25.3 Å². The van der Waals surface area contributed by atoms with Crippen LogP contribution in [0.1, 0.15) is 67.3 Å². The third-order valence-electron chi connectivity index (χ3n) is 3.68. The fourth-order valence-electron chi connectivity index (χ4n) is 2.07. The van der Waals surface area contributed by atoms with Crippen LogP contribution >= 0.6 is 0 Å². The van der Waals surface area contributed by atoms with Crippen LogP contribution < -0.4 is 15.8 Å². The standard InChI is InChI=1S/C18H27N3O5/c1-4-7-8-25-14-9-12(18(24)26-13(5-2)6-3)11-20-16(14)17(23)21-15(22)10-19/h9,11,13H,4-8,10,19H2,1-3H3,(H,21,22,23). The molecular weight excluding hydrogens is 338 g/mol. The number of carbonyl (C=O) groups excluding carboxylic acids is 3. The van der Waals surface area contributed by atoms with Crippen molar-refractivity contribution in [2.24, 2.45) is 5.73 Å². The number of esters is 1. The average molecular weight is 365 g/mol. The van der Waals surface area contributed by atoms with E-state index in [-0.39, 0.29) is 29.7 Å². The molecule has 0 aliphatic rings. The number of unbranched alkanes of at least 4 members (excludes halogenated alkanes) is 1. The molecule has 0 atom stereocenters. The minimum atomic E-state index is -0.730. The monoisotopic (exact) mass is 365 g/mol. The summed E-state index contributed by atoms with van der Waals surface area (Å²) in [6.07, 6.45) is 4.13. The molecule has 144 valence electrons. The van der Waals surface area contributed by atoms with Gasteiger partial charge < -0.3 is 15.2 Å². The fraction of sp³-hybridized carbons (Fsp3) is 0.556. The zero-order valence-corrected chi connectivity index (χ0v) is 15.5. The van der Waals surface area contributed by atoms with Gasteiger partial charge in [0.25, 0.3) is 5.91 Å². The lowest BCUT2D eigenvalue weighted by atomic mass is 10.2. The number of rotatable bonds is 10. The second-order valence-electron chi connectivity index (χ2n) is 5.70. The van der Waals surface area contributed by atoms with Gasteiger partial charge in [-0.1, -0.05) is 27.2 Å². The van der Waals surface area contributed by atoms with Gasteiger partial charge in [0.05, 0.1) is 18.7 Å². The quantitative estimate of drug-likeness (QED) is 0.479. The van der Waals surface area contributed by atoms with Crippen LogP contribution in [0.4, 0.5) is 0 Å². The number of nitrogens with zero attached hydrogens (tertiary/aromatic N) is 1. The normalized spacial score (nSPS) is 10.5. The second kappa shape index (κ2) is 11.2. The van der Waals surface area contributed by atoms with Gasteiger partial charge in [0, 0.05) is 6.20 Å². The van der Waals surface area contributed by atoms with Gasteiger partial charge in [0.1, 0.15) is 6.10 Å². The summed E-state index contributed by atoms with van der Waals surface area (Å²) in [7, 11) is 0. The molecule has 2 amide bonds. The molecule has 0 aliphatic heterocycles. The second-order valence-corrected chi connectivity index (χ2v) is 5.70. The predicted octanol–water partition coefficient (Wildman–Crippen LogP) is 1.82. The molecule has 1 heterocycles. The van der Waals surface area contributed by atoms with Crippen LogP contribution in [-0.2, 0) is 9.53 Å². The Bertz CT molecular complexity index is 629.